The van der Waals surface area contributed by atoms with Crippen LogP contribution in [0.15, 0.2) is 18.2 Å². The smallest absolute Gasteiger partial charge is 0.129 e. The number of hydrogen-bond donors (Lipinski definition) is 1. The highest BCUT2D eigenvalue weighted by molar-refractivity contribution is 14.1. The Morgan fingerprint density at radius 3 is 2.83 bits per heavy atom. The van der Waals surface area contributed by atoms with Gasteiger partial charge in [-0.25, -0.2) is 0 Å². The average Bonchev–Trinajstić information content (AvgIpc) is 2.08. The van der Waals surface area contributed by atoms with Crippen molar-refractivity contribution in [3.8, 4) is 5.75 Å². The number of phenols is 1. The standard InChI is InChI=1S/C9H10BrIO/c10-6-2-4-7-3-1-5-8(12)9(7)11/h1,3,5,12H,2,4,6H2. The number of alkyl halides is 1. The van der Waals surface area contributed by atoms with E-state index in [1.54, 1.807) is 6.07 Å². The number of rotatable bonds is 3. The van der Waals surface area contributed by atoms with Gasteiger partial charge in [-0.1, -0.05) is 28.1 Å². The van der Waals surface area contributed by atoms with Crippen molar-refractivity contribution in [1.29, 1.82) is 0 Å². The van der Waals surface area contributed by atoms with Crippen molar-refractivity contribution >= 4 is 38.5 Å². The van der Waals surface area contributed by atoms with Gasteiger partial charge >= 0.3 is 0 Å². The molecule has 1 nitrogen and oxygen atoms in total. The maximum Gasteiger partial charge on any atom is 0.129 e. The molecule has 0 aromatic heterocycles. The zero-order chi connectivity index (χ0) is 8.97. The van der Waals surface area contributed by atoms with E-state index in [1.807, 2.05) is 6.07 Å². The third-order valence-electron chi connectivity index (χ3n) is 1.64. The Bertz CT molecular complexity index is 263. The van der Waals surface area contributed by atoms with Crippen LogP contribution in [0.25, 0.3) is 0 Å². The average molecular weight is 341 g/mol. The summed E-state index contributed by atoms with van der Waals surface area (Å²) in [5.41, 5.74) is 1.23. The van der Waals surface area contributed by atoms with Crippen molar-refractivity contribution in [2.75, 3.05) is 5.33 Å². The Kier molecular flexibility index (Phi) is 4.35. The largest absolute Gasteiger partial charge is 0.507 e. The number of halogens is 2. The summed E-state index contributed by atoms with van der Waals surface area (Å²) >= 11 is 5.56. The molecule has 0 aliphatic heterocycles. The van der Waals surface area contributed by atoms with E-state index in [4.69, 9.17) is 0 Å². The molecule has 66 valence electrons. The molecule has 0 fully saturated rings. The second-order valence-corrected chi connectivity index (χ2v) is 4.41. The van der Waals surface area contributed by atoms with Crippen LogP contribution in [0.5, 0.6) is 5.75 Å². The van der Waals surface area contributed by atoms with Gasteiger partial charge in [0.2, 0.25) is 0 Å². The van der Waals surface area contributed by atoms with Crippen molar-refractivity contribution in [1.82, 2.24) is 0 Å². The molecule has 0 aliphatic carbocycles. The first-order valence-corrected chi connectivity index (χ1v) is 5.98. The van der Waals surface area contributed by atoms with E-state index in [2.05, 4.69) is 44.6 Å². The number of benzene rings is 1. The molecule has 0 spiro atoms. The van der Waals surface area contributed by atoms with E-state index in [-0.39, 0.29) is 0 Å². The minimum Gasteiger partial charge on any atom is -0.507 e. The quantitative estimate of drug-likeness (QED) is 0.661. The van der Waals surface area contributed by atoms with Gasteiger partial charge in [-0.15, -0.1) is 0 Å². The Labute approximate surface area is 94.4 Å². The maximum absolute atomic E-state index is 9.38. The Morgan fingerprint density at radius 1 is 1.42 bits per heavy atom. The van der Waals surface area contributed by atoms with Crippen molar-refractivity contribution < 1.29 is 5.11 Å². The molecule has 0 bridgehead atoms. The lowest BCUT2D eigenvalue weighted by atomic mass is 10.1. The molecular formula is C9H10BrIO. The lowest BCUT2D eigenvalue weighted by Gasteiger charge is -2.04. The summed E-state index contributed by atoms with van der Waals surface area (Å²) in [7, 11) is 0. The van der Waals surface area contributed by atoms with Gasteiger partial charge in [0.1, 0.15) is 5.75 Å². The van der Waals surface area contributed by atoms with Crippen molar-refractivity contribution in [2.24, 2.45) is 0 Å². The van der Waals surface area contributed by atoms with Crippen LogP contribution in [-0.2, 0) is 6.42 Å². The van der Waals surface area contributed by atoms with Gasteiger partial charge in [0.15, 0.2) is 0 Å². The first-order valence-electron chi connectivity index (χ1n) is 3.78. The molecule has 0 atom stereocenters. The first kappa shape index (κ1) is 10.3. The molecule has 0 saturated heterocycles. The fourth-order valence-electron chi connectivity index (χ4n) is 1.02. The van der Waals surface area contributed by atoms with Crippen LogP contribution in [0.2, 0.25) is 0 Å². The molecule has 1 aromatic carbocycles. The number of aromatic hydroxyl groups is 1. The normalized spacial score (nSPS) is 10.2. The second kappa shape index (κ2) is 5.07. The van der Waals surface area contributed by atoms with E-state index in [1.165, 1.54) is 5.56 Å². The van der Waals surface area contributed by atoms with Gasteiger partial charge in [0, 0.05) is 5.33 Å². The van der Waals surface area contributed by atoms with E-state index in [9.17, 15) is 5.11 Å². The van der Waals surface area contributed by atoms with E-state index >= 15 is 0 Å². The third kappa shape index (κ3) is 2.62. The summed E-state index contributed by atoms with van der Waals surface area (Å²) in [5, 5.41) is 10.4. The first-order chi connectivity index (χ1) is 5.75. The molecule has 0 saturated carbocycles. The minimum atomic E-state index is 0.391. The molecular weight excluding hydrogens is 331 g/mol. The molecule has 1 rings (SSSR count). The Balaban J connectivity index is 2.78. The summed E-state index contributed by atoms with van der Waals surface area (Å²) in [6, 6.07) is 5.67. The predicted octanol–water partition coefficient (Wildman–Crippen LogP) is 3.32. The second-order valence-electron chi connectivity index (χ2n) is 2.54. The van der Waals surface area contributed by atoms with Gasteiger partial charge in [-0.2, -0.15) is 0 Å². The molecule has 0 heterocycles. The monoisotopic (exact) mass is 340 g/mol. The number of hydrogen-bond acceptors (Lipinski definition) is 1. The molecule has 3 heteroatoms. The Morgan fingerprint density at radius 2 is 2.17 bits per heavy atom. The van der Waals surface area contributed by atoms with Crippen LogP contribution >= 0.6 is 38.5 Å². The molecule has 0 amide bonds. The van der Waals surface area contributed by atoms with Gasteiger partial charge in [0.25, 0.3) is 0 Å². The molecule has 0 unspecified atom stereocenters. The lowest BCUT2D eigenvalue weighted by molar-refractivity contribution is 0.470. The highest BCUT2D eigenvalue weighted by Gasteiger charge is 2.02. The fourth-order valence-corrected chi connectivity index (χ4v) is 1.93. The Hall–Kier alpha value is 0.230. The van der Waals surface area contributed by atoms with E-state index in [0.717, 1.165) is 21.7 Å². The van der Waals surface area contributed by atoms with Gasteiger partial charge in [0.05, 0.1) is 3.57 Å². The van der Waals surface area contributed by atoms with Crippen LogP contribution in [0.1, 0.15) is 12.0 Å². The van der Waals surface area contributed by atoms with Crippen molar-refractivity contribution in [3.63, 3.8) is 0 Å². The topological polar surface area (TPSA) is 20.2 Å². The van der Waals surface area contributed by atoms with Crippen molar-refractivity contribution in [2.45, 2.75) is 12.8 Å². The van der Waals surface area contributed by atoms with Crippen molar-refractivity contribution in [3.05, 3.63) is 27.3 Å². The van der Waals surface area contributed by atoms with Crippen LogP contribution in [-0.4, -0.2) is 10.4 Å². The molecule has 1 aromatic rings. The molecule has 0 radical (unpaired) electrons. The van der Waals surface area contributed by atoms with E-state index < -0.39 is 0 Å². The summed E-state index contributed by atoms with van der Waals surface area (Å²) in [4.78, 5) is 0. The van der Waals surface area contributed by atoms with Gasteiger partial charge in [-0.05, 0) is 47.1 Å². The minimum absolute atomic E-state index is 0.391. The van der Waals surface area contributed by atoms with E-state index in [0.29, 0.717) is 5.75 Å². The lowest BCUT2D eigenvalue weighted by Crippen LogP contribution is -1.90. The van der Waals surface area contributed by atoms with Gasteiger partial charge in [-0.3, -0.25) is 0 Å². The summed E-state index contributed by atoms with van der Waals surface area (Å²) in [5.74, 6) is 0.391. The zero-order valence-electron chi connectivity index (χ0n) is 6.56. The van der Waals surface area contributed by atoms with Crippen LogP contribution in [0.3, 0.4) is 0 Å². The molecule has 1 N–H and O–H groups in total. The molecule has 12 heavy (non-hydrogen) atoms. The summed E-state index contributed by atoms with van der Waals surface area (Å²) in [6.45, 7) is 0. The number of phenolic OH excluding ortho intramolecular Hbond substituents is 1. The summed E-state index contributed by atoms with van der Waals surface area (Å²) in [6.07, 6.45) is 2.14. The SMILES string of the molecule is Oc1cccc(CCCBr)c1I. The summed E-state index contributed by atoms with van der Waals surface area (Å²) < 4.78 is 0.982. The highest BCUT2D eigenvalue weighted by Crippen LogP contribution is 2.23. The van der Waals surface area contributed by atoms with Crippen LogP contribution in [0, 0.1) is 3.57 Å². The third-order valence-corrected chi connectivity index (χ3v) is 3.44. The predicted molar refractivity (Wildman–Crippen MR) is 62.9 cm³/mol. The highest BCUT2D eigenvalue weighted by atomic mass is 127. The van der Waals surface area contributed by atoms with Crippen LogP contribution in [0.4, 0.5) is 0 Å². The molecule has 0 aliphatic rings. The zero-order valence-corrected chi connectivity index (χ0v) is 10.3. The fraction of sp³-hybridized carbons (Fsp3) is 0.333. The van der Waals surface area contributed by atoms with Gasteiger partial charge < -0.3 is 5.11 Å². The maximum atomic E-state index is 9.38. The number of aryl methyl sites for hydroxylation is 1. The van der Waals surface area contributed by atoms with Crippen LogP contribution < -0.4 is 0 Å².